The lowest BCUT2D eigenvalue weighted by Gasteiger charge is -2.38. The fourth-order valence-corrected chi connectivity index (χ4v) is 5.06. The standard InChI is InChI=1S/C28H31BrN2O4/c1-4-5-6-7-14-33-26-12-9-19(15-27(26)32-3)28-31-23(21-16-20(29)10-13-24(21)35-28)17-22(30-31)25-11-8-18(2)34-25/h8-13,15-16,23,28H,4-7,14,17H2,1-3H3/t23-,28+/m1/s1. The molecule has 0 spiro atoms. The summed E-state index contributed by atoms with van der Waals surface area (Å²) in [5, 5.41) is 7.02. The van der Waals surface area contributed by atoms with Gasteiger partial charge < -0.3 is 18.6 Å². The van der Waals surface area contributed by atoms with E-state index < -0.39 is 6.23 Å². The first kappa shape index (κ1) is 23.8. The Morgan fingerprint density at radius 2 is 1.94 bits per heavy atom. The summed E-state index contributed by atoms with van der Waals surface area (Å²) in [6, 6.07) is 16.2. The molecule has 0 saturated carbocycles. The van der Waals surface area contributed by atoms with Gasteiger partial charge in [-0.2, -0.15) is 5.10 Å². The van der Waals surface area contributed by atoms with Gasteiger partial charge in [-0.3, -0.25) is 0 Å². The van der Waals surface area contributed by atoms with Crippen LogP contribution < -0.4 is 14.2 Å². The van der Waals surface area contributed by atoms with Gasteiger partial charge in [-0.1, -0.05) is 42.1 Å². The van der Waals surface area contributed by atoms with Crippen LogP contribution in [0.15, 0.2) is 62.5 Å². The van der Waals surface area contributed by atoms with Crippen molar-refractivity contribution in [1.29, 1.82) is 0 Å². The van der Waals surface area contributed by atoms with Crippen molar-refractivity contribution < 1.29 is 18.6 Å². The highest BCUT2D eigenvalue weighted by Crippen LogP contribution is 2.49. The predicted molar refractivity (Wildman–Crippen MR) is 139 cm³/mol. The van der Waals surface area contributed by atoms with E-state index in [2.05, 4.69) is 28.9 Å². The second-order valence-corrected chi connectivity index (χ2v) is 9.94. The van der Waals surface area contributed by atoms with E-state index in [0.29, 0.717) is 12.4 Å². The number of rotatable bonds is 9. The Labute approximate surface area is 215 Å². The van der Waals surface area contributed by atoms with Crippen LogP contribution in [0.5, 0.6) is 17.2 Å². The molecule has 1 aromatic heterocycles. The van der Waals surface area contributed by atoms with Crippen molar-refractivity contribution in [3.05, 3.63) is 75.7 Å². The highest BCUT2D eigenvalue weighted by atomic mass is 79.9. The van der Waals surface area contributed by atoms with Crippen LogP contribution in [0.25, 0.3) is 0 Å². The van der Waals surface area contributed by atoms with Gasteiger partial charge in [0, 0.05) is 22.0 Å². The van der Waals surface area contributed by atoms with E-state index in [1.54, 1.807) is 7.11 Å². The van der Waals surface area contributed by atoms with Gasteiger partial charge in [-0.15, -0.1) is 0 Å². The largest absolute Gasteiger partial charge is 0.493 e. The number of hydrazone groups is 1. The number of furan rings is 1. The fraction of sp³-hybridized carbons (Fsp3) is 0.393. The second kappa shape index (κ2) is 10.4. The molecule has 0 saturated heterocycles. The van der Waals surface area contributed by atoms with Crippen molar-refractivity contribution in [3.8, 4) is 17.2 Å². The molecule has 7 heteroatoms. The van der Waals surface area contributed by atoms with Crippen LogP contribution in [0.2, 0.25) is 0 Å². The molecule has 184 valence electrons. The Hall–Kier alpha value is -2.93. The number of fused-ring (bicyclic) bond motifs is 3. The topological polar surface area (TPSA) is 56.4 Å². The Kier molecular flexibility index (Phi) is 7.04. The van der Waals surface area contributed by atoms with Crippen molar-refractivity contribution in [2.24, 2.45) is 5.10 Å². The van der Waals surface area contributed by atoms with Crippen molar-refractivity contribution in [3.63, 3.8) is 0 Å². The van der Waals surface area contributed by atoms with Gasteiger partial charge in [0.25, 0.3) is 0 Å². The van der Waals surface area contributed by atoms with Crippen molar-refractivity contribution in [2.75, 3.05) is 13.7 Å². The molecule has 0 N–H and O–H groups in total. The summed E-state index contributed by atoms with van der Waals surface area (Å²) < 4.78 is 25.1. The fourth-order valence-electron chi connectivity index (χ4n) is 4.68. The molecular formula is C28H31BrN2O4. The molecule has 2 atom stereocenters. The van der Waals surface area contributed by atoms with Gasteiger partial charge in [0.15, 0.2) is 11.5 Å². The summed E-state index contributed by atoms with van der Waals surface area (Å²) in [6.07, 6.45) is 5.00. The van der Waals surface area contributed by atoms with Crippen LogP contribution in [0.3, 0.4) is 0 Å². The van der Waals surface area contributed by atoms with E-state index >= 15 is 0 Å². The molecule has 3 aromatic rings. The predicted octanol–water partition coefficient (Wildman–Crippen LogP) is 7.56. The third kappa shape index (κ3) is 4.92. The number of benzene rings is 2. The lowest BCUT2D eigenvalue weighted by Crippen LogP contribution is -2.33. The number of aryl methyl sites for hydroxylation is 1. The normalized spacial score (nSPS) is 18.5. The van der Waals surface area contributed by atoms with Gasteiger partial charge in [0.1, 0.15) is 23.0 Å². The number of halogens is 1. The monoisotopic (exact) mass is 538 g/mol. The average Bonchev–Trinajstić information content (AvgIpc) is 3.50. The number of ether oxygens (including phenoxy) is 3. The zero-order chi connectivity index (χ0) is 24.4. The highest BCUT2D eigenvalue weighted by molar-refractivity contribution is 9.10. The first-order chi connectivity index (χ1) is 17.1. The van der Waals surface area contributed by atoms with Gasteiger partial charge in [0.05, 0.1) is 19.8 Å². The Bertz CT molecular complexity index is 1220. The van der Waals surface area contributed by atoms with Crippen molar-refractivity contribution >= 4 is 21.6 Å². The Morgan fingerprint density at radius 3 is 2.71 bits per heavy atom. The summed E-state index contributed by atoms with van der Waals surface area (Å²) in [6.45, 7) is 4.84. The molecule has 0 aliphatic carbocycles. The number of hydrogen-bond acceptors (Lipinski definition) is 6. The molecule has 0 amide bonds. The molecular weight excluding hydrogens is 508 g/mol. The lowest BCUT2D eigenvalue weighted by atomic mass is 9.97. The lowest BCUT2D eigenvalue weighted by molar-refractivity contribution is -0.0192. The highest BCUT2D eigenvalue weighted by Gasteiger charge is 2.42. The molecule has 2 aliphatic heterocycles. The van der Waals surface area contributed by atoms with Crippen molar-refractivity contribution in [2.45, 2.75) is 58.2 Å². The van der Waals surface area contributed by atoms with E-state index in [4.69, 9.17) is 23.7 Å². The number of hydrogen-bond donors (Lipinski definition) is 0. The zero-order valence-electron chi connectivity index (χ0n) is 20.4. The van der Waals surface area contributed by atoms with Gasteiger partial charge in [-0.05, 0) is 61.9 Å². The quantitative estimate of drug-likeness (QED) is 0.263. The van der Waals surface area contributed by atoms with E-state index in [0.717, 1.165) is 57.2 Å². The minimum atomic E-state index is -0.394. The number of unbranched alkanes of at least 4 members (excludes halogenated alkanes) is 3. The minimum Gasteiger partial charge on any atom is -0.493 e. The number of methoxy groups -OCH3 is 1. The van der Waals surface area contributed by atoms with E-state index in [1.165, 1.54) is 19.3 Å². The van der Waals surface area contributed by atoms with E-state index in [9.17, 15) is 0 Å². The maximum absolute atomic E-state index is 6.51. The van der Waals surface area contributed by atoms with Crippen LogP contribution in [0.1, 0.15) is 73.9 Å². The van der Waals surface area contributed by atoms with Gasteiger partial charge >= 0.3 is 0 Å². The molecule has 2 aromatic carbocycles. The van der Waals surface area contributed by atoms with Crippen LogP contribution >= 0.6 is 15.9 Å². The second-order valence-electron chi connectivity index (χ2n) is 9.03. The maximum Gasteiger partial charge on any atom is 0.214 e. The summed E-state index contributed by atoms with van der Waals surface area (Å²) in [4.78, 5) is 0. The number of nitrogens with zero attached hydrogens (tertiary/aromatic N) is 2. The first-order valence-corrected chi connectivity index (χ1v) is 13.1. The summed E-state index contributed by atoms with van der Waals surface area (Å²) in [7, 11) is 1.67. The molecule has 0 unspecified atom stereocenters. The molecule has 5 rings (SSSR count). The maximum atomic E-state index is 6.51. The molecule has 6 nitrogen and oxygen atoms in total. The smallest absolute Gasteiger partial charge is 0.214 e. The third-order valence-electron chi connectivity index (χ3n) is 6.50. The van der Waals surface area contributed by atoms with Gasteiger partial charge in [-0.25, -0.2) is 5.01 Å². The molecule has 0 fully saturated rings. The van der Waals surface area contributed by atoms with Crippen LogP contribution in [-0.4, -0.2) is 24.4 Å². The minimum absolute atomic E-state index is 0.0437. The van der Waals surface area contributed by atoms with Crippen LogP contribution in [-0.2, 0) is 0 Å². The van der Waals surface area contributed by atoms with Crippen LogP contribution in [0, 0.1) is 6.92 Å². The molecule has 2 aliphatic rings. The van der Waals surface area contributed by atoms with Crippen LogP contribution in [0.4, 0.5) is 0 Å². The Balaban J connectivity index is 1.45. The summed E-state index contributed by atoms with van der Waals surface area (Å²) in [5.74, 6) is 3.99. The molecule has 0 bridgehead atoms. The molecule has 3 heterocycles. The molecule has 0 radical (unpaired) electrons. The zero-order valence-corrected chi connectivity index (χ0v) is 22.0. The molecule has 35 heavy (non-hydrogen) atoms. The average molecular weight is 539 g/mol. The van der Waals surface area contributed by atoms with Gasteiger partial charge in [0.2, 0.25) is 6.23 Å². The summed E-state index contributed by atoms with van der Waals surface area (Å²) >= 11 is 3.61. The third-order valence-corrected chi connectivity index (χ3v) is 7.00. The Morgan fingerprint density at radius 1 is 1.06 bits per heavy atom. The van der Waals surface area contributed by atoms with E-state index in [1.807, 2.05) is 54.4 Å². The summed E-state index contributed by atoms with van der Waals surface area (Å²) in [5.41, 5.74) is 2.99. The first-order valence-electron chi connectivity index (χ1n) is 12.3. The SMILES string of the molecule is CCCCCCOc1ccc([C@@H]2Oc3ccc(Br)cc3[C@H]3CC(c4ccc(C)o4)=NN32)cc1OC. The van der Waals surface area contributed by atoms with Crippen molar-refractivity contribution in [1.82, 2.24) is 5.01 Å². The van der Waals surface area contributed by atoms with E-state index in [-0.39, 0.29) is 6.04 Å².